The van der Waals surface area contributed by atoms with Crippen LogP contribution in [-0.2, 0) is 19.1 Å². The Kier molecular flexibility index (Phi) is 18.6. The standard InChI is InChI=1S/C40H75NO4/c1-30(2)27-37(7,8)23-24-38(9,10)29-40(13,14)35(45-34(42)20-17-25-41(15)16)33(6)22-21-32(5)19-18-26-44-36(43)39(11,12)28-31(3)4/h18-19,23-24,30-33,35H,17,20-22,25-29H2,1-16H3. The molecule has 0 bridgehead atoms. The van der Waals surface area contributed by atoms with E-state index in [9.17, 15) is 9.59 Å². The average molecular weight is 634 g/mol. The lowest BCUT2D eigenvalue weighted by Gasteiger charge is -2.42. The number of ether oxygens (including phenoxy) is 2. The van der Waals surface area contributed by atoms with Gasteiger partial charge < -0.3 is 14.4 Å². The van der Waals surface area contributed by atoms with Gasteiger partial charge in [-0.1, -0.05) is 107 Å². The maximum atomic E-state index is 13.1. The van der Waals surface area contributed by atoms with Crippen LogP contribution in [0, 0.1) is 45.3 Å². The molecule has 0 aromatic carbocycles. The first kappa shape index (κ1) is 43.4. The molecule has 0 aliphatic carbocycles. The molecule has 0 rings (SSSR count). The molecule has 0 radical (unpaired) electrons. The summed E-state index contributed by atoms with van der Waals surface area (Å²) in [7, 11) is 4.06. The van der Waals surface area contributed by atoms with Crippen LogP contribution in [-0.4, -0.2) is 50.2 Å². The molecule has 5 nitrogen and oxygen atoms in total. The van der Waals surface area contributed by atoms with Crippen molar-refractivity contribution in [1.82, 2.24) is 4.90 Å². The van der Waals surface area contributed by atoms with E-state index in [0.29, 0.717) is 30.8 Å². The van der Waals surface area contributed by atoms with Crippen molar-refractivity contribution < 1.29 is 19.1 Å². The fraction of sp³-hybridized carbons (Fsp3) is 0.850. The molecule has 0 fully saturated rings. The number of allylic oxidation sites excluding steroid dienone is 3. The first-order chi connectivity index (χ1) is 20.4. The van der Waals surface area contributed by atoms with Gasteiger partial charge in [-0.25, -0.2) is 0 Å². The van der Waals surface area contributed by atoms with Crippen LogP contribution in [0.3, 0.4) is 0 Å². The van der Waals surface area contributed by atoms with Crippen molar-refractivity contribution in [3.05, 3.63) is 24.3 Å². The Balaban J connectivity index is 5.56. The van der Waals surface area contributed by atoms with Crippen LogP contribution in [0.25, 0.3) is 0 Å². The third-order valence-corrected chi connectivity index (χ3v) is 8.69. The predicted molar refractivity (Wildman–Crippen MR) is 193 cm³/mol. The van der Waals surface area contributed by atoms with E-state index in [0.717, 1.165) is 45.1 Å². The summed E-state index contributed by atoms with van der Waals surface area (Å²) >= 11 is 0. The third-order valence-electron chi connectivity index (χ3n) is 8.69. The molecular weight excluding hydrogens is 558 g/mol. The minimum atomic E-state index is -0.469. The molecule has 45 heavy (non-hydrogen) atoms. The minimum Gasteiger partial charge on any atom is -0.462 e. The van der Waals surface area contributed by atoms with E-state index in [4.69, 9.17) is 9.47 Å². The Morgan fingerprint density at radius 3 is 1.87 bits per heavy atom. The molecule has 3 unspecified atom stereocenters. The van der Waals surface area contributed by atoms with Gasteiger partial charge in [0.25, 0.3) is 0 Å². The zero-order chi connectivity index (χ0) is 35.2. The van der Waals surface area contributed by atoms with Gasteiger partial charge in [0, 0.05) is 11.8 Å². The Morgan fingerprint density at radius 1 is 0.778 bits per heavy atom. The summed E-state index contributed by atoms with van der Waals surface area (Å²) in [4.78, 5) is 27.8. The largest absolute Gasteiger partial charge is 0.462 e. The summed E-state index contributed by atoms with van der Waals surface area (Å²) in [5, 5.41) is 0. The maximum absolute atomic E-state index is 13.1. The van der Waals surface area contributed by atoms with Gasteiger partial charge in [-0.15, -0.1) is 0 Å². The summed E-state index contributed by atoms with van der Waals surface area (Å²) in [6.45, 7) is 32.1. The third kappa shape index (κ3) is 19.6. The van der Waals surface area contributed by atoms with Crippen LogP contribution >= 0.6 is 0 Å². The number of rotatable bonds is 22. The number of nitrogens with zero attached hydrogens (tertiary/aromatic N) is 1. The highest BCUT2D eigenvalue weighted by atomic mass is 16.5. The minimum absolute atomic E-state index is 0.0375. The number of carbonyl (C=O) groups is 2. The molecule has 0 aromatic rings. The zero-order valence-corrected chi connectivity index (χ0v) is 32.6. The second-order valence-corrected chi connectivity index (χ2v) is 17.9. The Labute approximate surface area is 280 Å². The molecular formula is C40H75NO4. The van der Waals surface area contributed by atoms with Crippen molar-refractivity contribution in [1.29, 1.82) is 0 Å². The number of carbonyl (C=O) groups excluding carboxylic acids is 2. The lowest BCUT2D eigenvalue weighted by molar-refractivity contribution is -0.161. The molecule has 0 aromatic heterocycles. The molecule has 0 aliphatic rings. The van der Waals surface area contributed by atoms with Crippen LogP contribution in [0.4, 0.5) is 0 Å². The lowest BCUT2D eigenvalue weighted by Crippen LogP contribution is -2.41. The summed E-state index contributed by atoms with van der Waals surface area (Å²) in [6, 6.07) is 0. The van der Waals surface area contributed by atoms with Gasteiger partial charge in [-0.05, 0) is 108 Å². The second-order valence-electron chi connectivity index (χ2n) is 17.9. The Hall–Kier alpha value is -1.62. The van der Waals surface area contributed by atoms with Crippen LogP contribution in [0.15, 0.2) is 24.3 Å². The molecule has 0 aliphatic heterocycles. The first-order valence-corrected chi connectivity index (χ1v) is 17.8. The highest BCUT2D eigenvalue weighted by molar-refractivity contribution is 5.76. The van der Waals surface area contributed by atoms with Crippen molar-refractivity contribution in [2.75, 3.05) is 27.2 Å². The monoisotopic (exact) mass is 634 g/mol. The predicted octanol–water partition coefficient (Wildman–Crippen LogP) is 10.5. The van der Waals surface area contributed by atoms with E-state index >= 15 is 0 Å². The second kappa shape index (κ2) is 19.3. The van der Waals surface area contributed by atoms with Gasteiger partial charge in [-0.2, -0.15) is 0 Å². The molecule has 3 atom stereocenters. The van der Waals surface area contributed by atoms with Crippen LogP contribution < -0.4 is 0 Å². The summed E-state index contributed by atoms with van der Waals surface area (Å²) in [5.41, 5.74) is -0.566. The van der Waals surface area contributed by atoms with E-state index in [1.807, 2.05) is 34.0 Å². The molecule has 0 saturated heterocycles. The molecule has 0 amide bonds. The molecule has 5 heteroatoms. The van der Waals surface area contributed by atoms with E-state index < -0.39 is 5.41 Å². The molecule has 0 spiro atoms. The van der Waals surface area contributed by atoms with Crippen molar-refractivity contribution >= 4 is 11.9 Å². The van der Waals surface area contributed by atoms with Gasteiger partial charge in [0.05, 0.1) is 5.41 Å². The summed E-state index contributed by atoms with van der Waals surface area (Å²) in [5.74, 6) is 1.40. The van der Waals surface area contributed by atoms with E-state index in [1.165, 1.54) is 0 Å². The van der Waals surface area contributed by atoms with Crippen LogP contribution in [0.5, 0.6) is 0 Å². The quantitative estimate of drug-likeness (QED) is 0.0877. The summed E-state index contributed by atoms with van der Waals surface area (Å²) in [6.07, 6.45) is 14.8. The lowest BCUT2D eigenvalue weighted by atomic mass is 9.68. The van der Waals surface area contributed by atoms with E-state index in [-0.39, 0.29) is 40.2 Å². The van der Waals surface area contributed by atoms with E-state index in [1.54, 1.807) is 0 Å². The fourth-order valence-corrected chi connectivity index (χ4v) is 7.18. The molecule has 0 N–H and O–H groups in total. The molecule has 0 saturated carbocycles. The van der Waals surface area contributed by atoms with E-state index in [2.05, 4.69) is 106 Å². The van der Waals surface area contributed by atoms with Crippen molar-refractivity contribution in [3.63, 3.8) is 0 Å². The average Bonchev–Trinajstić information content (AvgIpc) is 2.84. The van der Waals surface area contributed by atoms with Crippen molar-refractivity contribution in [2.24, 2.45) is 45.3 Å². The molecule has 264 valence electrons. The topological polar surface area (TPSA) is 55.8 Å². The summed E-state index contributed by atoms with van der Waals surface area (Å²) < 4.78 is 11.9. The highest BCUT2D eigenvalue weighted by Crippen LogP contribution is 2.43. The number of hydrogen-bond acceptors (Lipinski definition) is 5. The van der Waals surface area contributed by atoms with Crippen LogP contribution in [0.1, 0.15) is 142 Å². The highest BCUT2D eigenvalue weighted by Gasteiger charge is 2.40. The SMILES string of the molecule is CC(C)CC(C)(C)C=CC(C)(C)CC(C)(C)C(OC(=O)CCCN(C)C)C(C)CCC(C)C=CCOC(=O)C(C)(C)CC(C)C. The molecule has 0 heterocycles. The van der Waals surface area contributed by atoms with Crippen LogP contribution in [0.2, 0.25) is 0 Å². The van der Waals surface area contributed by atoms with Gasteiger partial charge in [-0.3, -0.25) is 9.59 Å². The Morgan fingerprint density at radius 2 is 1.33 bits per heavy atom. The zero-order valence-electron chi connectivity index (χ0n) is 32.6. The first-order valence-electron chi connectivity index (χ1n) is 17.8. The van der Waals surface area contributed by atoms with Crippen molar-refractivity contribution in [3.8, 4) is 0 Å². The maximum Gasteiger partial charge on any atom is 0.311 e. The Bertz CT molecular complexity index is 923. The fourth-order valence-electron chi connectivity index (χ4n) is 7.18. The smallest absolute Gasteiger partial charge is 0.311 e. The van der Waals surface area contributed by atoms with Gasteiger partial charge in [0.2, 0.25) is 0 Å². The van der Waals surface area contributed by atoms with Gasteiger partial charge >= 0.3 is 11.9 Å². The van der Waals surface area contributed by atoms with Gasteiger partial charge in [0.15, 0.2) is 0 Å². The normalized spacial score (nSPS) is 15.8. The number of esters is 2. The van der Waals surface area contributed by atoms with Gasteiger partial charge in [0.1, 0.15) is 12.7 Å². The number of hydrogen-bond donors (Lipinski definition) is 0. The van der Waals surface area contributed by atoms with Crippen molar-refractivity contribution in [2.45, 2.75) is 148 Å².